The van der Waals surface area contributed by atoms with Gasteiger partial charge in [0.1, 0.15) is 4.88 Å². The third kappa shape index (κ3) is 3.12. The summed E-state index contributed by atoms with van der Waals surface area (Å²) in [6.07, 6.45) is 3.30. The van der Waals surface area contributed by atoms with Gasteiger partial charge in [0.2, 0.25) is 5.91 Å². The molecule has 2 N–H and O–H groups in total. The number of hydrogen-bond donors (Lipinski definition) is 2. The highest BCUT2D eigenvalue weighted by atomic mass is 32.1. The lowest BCUT2D eigenvalue weighted by atomic mass is 10.0. The number of carbonyl (C=O) groups is 2. The topological polar surface area (TPSA) is 71.1 Å². The number of aromatic nitrogens is 1. The maximum atomic E-state index is 12.0. The molecule has 1 aromatic heterocycles. The molecule has 1 aromatic rings. The fourth-order valence-electron chi connectivity index (χ4n) is 2.16. The molecule has 104 valence electrons. The van der Waals surface area contributed by atoms with E-state index in [9.17, 15) is 9.59 Å². The summed E-state index contributed by atoms with van der Waals surface area (Å²) < 4.78 is 0. The molecule has 1 aliphatic heterocycles. The normalized spacial score (nSPS) is 14.8. The van der Waals surface area contributed by atoms with Crippen LogP contribution < -0.4 is 10.6 Å². The molecule has 0 fully saturated rings. The van der Waals surface area contributed by atoms with Crippen molar-refractivity contribution in [1.82, 2.24) is 10.3 Å². The van der Waals surface area contributed by atoms with Gasteiger partial charge in [-0.2, -0.15) is 0 Å². The van der Waals surface area contributed by atoms with Crippen LogP contribution in [-0.2, 0) is 11.2 Å². The van der Waals surface area contributed by atoms with Crippen molar-refractivity contribution in [2.45, 2.75) is 39.5 Å². The number of carbonyl (C=O) groups excluding carboxylic acids is 2. The summed E-state index contributed by atoms with van der Waals surface area (Å²) in [5.74, 6) is -0.0696. The third-order valence-corrected chi connectivity index (χ3v) is 4.38. The molecule has 19 heavy (non-hydrogen) atoms. The Balaban J connectivity index is 2.12. The Bertz CT molecular complexity index is 480. The molecule has 0 bridgehead atoms. The van der Waals surface area contributed by atoms with Gasteiger partial charge in [0.05, 0.1) is 5.69 Å². The van der Waals surface area contributed by atoms with E-state index in [4.69, 9.17) is 0 Å². The number of rotatable bonds is 4. The van der Waals surface area contributed by atoms with Gasteiger partial charge >= 0.3 is 0 Å². The molecule has 0 aliphatic carbocycles. The lowest BCUT2D eigenvalue weighted by molar-refractivity contribution is -0.120. The molecule has 0 aromatic carbocycles. The van der Waals surface area contributed by atoms with Gasteiger partial charge in [-0.05, 0) is 25.7 Å². The van der Waals surface area contributed by atoms with Gasteiger partial charge in [-0.1, -0.05) is 25.2 Å². The number of nitrogens with zero attached hydrogens (tertiary/aromatic N) is 1. The SMILES string of the molecule is CCC(CC)C(=O)Nc1nc2c(s1)C(=O)NCCC2. The van der Waals surface area contributed by atoms with Crippen molar-refractivity contribution >= 4 is 28.3 Å². The first kappa shape index (κ1) is 14.0. The van der Waals surface area contributed by atoms with Crippen LogP contribution in [0.2, 0.25) is 0 Å². The number of nitrogens with one attached hydrogen (secondary N) is 2. The van der Waals surface area contributed by atoms with E-state index in [2.05, 4.69) is 15.6 Å². The molecule has 0 saturated heterocycles. The van der Waals surface area contributed by atoms with Crippen LogP contribution in [-0.4, -0.2) is 23.3 Å². The highest BCUT2D eigenvalue weighted by molar-refractivity contribution is 7.17. The zero-order valence-electron chi connectivity index (χ0n) is 11.3. The summed E-state index contributed by atoms with van der Waals surface area (Å²) in [6, 6.07) is 0. The predicted molar refractivity (Wildman–Crippen MR) is 75.5 cm³/mol. The molecule has 6 heteroatoms. The lowest BCUT2D eigenvalue weighted by Crippen LogP contribution is -2.22. The van der Waals surface area contributed by atoms with E-state index in [1.807, 2.05) is 13.8 Å². The second-order valence-corrected chi connectivity index (χ2v) is 5.66. The first-order valence-electron chi connectivity index (χ1n) is 6.74. The number of aryl methyl sites for hydroxylation is 1. The molecule has 2 heterocycles. The van der Waals surface area contributed by atoms with Crippen molar-refractivity contribution < 1.29 is 9.59 Å². The van der Waals surface area contributed by atoms with Gasteiger partial charge in [-0.15, -0.1) is 0 Å². The third-order valence-electron chi connectivity index (χ3n) is 3.37. The lowest BCUT2D eigenvalue weighted by Gasteiger charge is -2.10. The van der Waals surface area contributed by atoms with Gasteiger partial charge < -0.3 is 10.6 Å². The molecule has 0 atom stereocenters. The summed E-state index contributed by atoms with van der Waals surface area (Å²) >= 11 is 1.27. The van der Waals surface area contributed by atoms with Gasteiger partial charge in [0.15, 0.2) is 5.13 Å². The van der Waals surface area contributed by atoms with Crippen LogP contribution >= 0.6 is 11.3 Å². The predicted octanol–water partition coefficient (Wildman–Crippen LogP) is 2.19. The second-order valence-electron chi connectivity index (χ2n) is 4.66. The van der Waals surface area contributed by atoms with Crippen LogP contribution in [0.1, 0.15) is 48.5 Å². The molecular formula is C13H19N3O2S. The Morgan fingerprint density at radius 1 is 1.47 bits per heavy atom. The van der Waals surface area contributed by atoms with Crippen LogP contribution in [0.5, 0.6) is 0 Å². The summed E-state index contributed by atoms with van der Waals surface area (Å²) in [5, 5.41) is 6.20. The molecule has 1 aliphatic rings. The van der Waals surface area contributed by atoms with Crippen molar-refractivity contribution in [1.29, 1.82) is 0 Å². The van der Waals surface area contributed by atoms with Crippen molar-refractivity contribution in [3.63, 3.8) is 0 Å². The van der Waals surface area contributed by atoms with Crippen molar-refractivity contribution in [2.24, 2.45) is 5.92 Å². The average molecular weight is 281 g/mol. The monoisotopic (exact) mass is 281 g/mol. The van der Waals surface area contributed by atoms with E-state index in [-0.39, 0.29) is 17.7 Å². The standard InChI is InChI=1S/C13H19N3O2S/c1-3-8(4-2)11(17)16-13-15-9-6-5-7-14-12(18)10(9)19-13/h8H,3-7H2,1-2H3,(H,14,18)(H,15,16,17). The molecule has 2 amide bonds. The van der Waals surface area contributed by atoms with E-state index in [0.29, 0.717) is 16.6 Å². The maximum Gasteiger partial charge on any atom is 0.263 e. The van der Waals surface area contributed by atoms with E-state index in [0.717, 1.165) is 31.4 Å². The number of amides is 2. The van der Waals surface area contributed by atoms with Crippen LogP contribution in [0.15, 0.2) is 0 Å². The van der Waals surface area contributed by atoms with Crippen LogP contribution in [0.4, 0.5) is 5.13 Å². The Labute approximate surface area is 116 Å². The fraction of sp³-hybridized carbons (Fsp3) is 0.615. The maximum absolute atomic E-state index is 12.0. The van der Waals surface area contributed by atoms with Crippen LogP contribution in [0.3, 0.4) is 0 Å². The number of fused-ring (bicyclic) bond motifs is 1. The van der Waals surface area contributed by atoms with E-state index in [1.54, 1.807) is 0 Å². The fourth-order valence-corrected chi connectivity index (χ4v) is 3.09. The largest absolute Gasteiger partial charge is 0.351 e. The number of hydrogen-bond acceptors (Lipinski definition) is 4. The van der Waals surface area contributed by atoms with E-state index < -0.39 is 0 Å². The van der Waals surface area contributed by atoms with Gasteiger partial charge in [0.25, 0.3) is 5.91 Å². The van der Waals surface area contributed by atoms with E-state index >= 15 is 0 Å². The number of anilines is 1. The zero-order valence-corrected chi connectivity index (χ0v) is 12.1. The molecule has 0 radical (unpaired) electrons. The Morgan fingerprint density at radius 2 is 2.21 bits per heavy atom. The minimum absolute atomic E-state index is 0.00526. The van der Waals surface area contributed by atoms with Gasteiger partial charge in [-0.3, -0.25) is 9.59 Å². The molecule has 5 nitrogen and oxygen atoms in total. The Kier molecular flexibility index (Phi) is 4.52. The molecule has 0 spiro atoms. The Morgan fingerprint density at radius 3 is 2.89 bits per heavy atom. The molecule has 0 unspecified atom stereocenters. The van der Waals surface area contributed by atoms with Gasteiger partial charge in [0, 0.05) is 12.5 Å². The average Bonchev–Trinajstić information content (AvgIpc) is 2.71. The zero-order chi connectivity index (χ0) is 13.8. The number of thiazole rings is 1. The smallest absolute Gasteiger partial charge is 0.263 e. The molecule has 2 rings (SSSR count). The summed E-state index contributed by atoms with van der Waals surface area (Å²) in [4.78, 5) is 28.8. The summed E-state index contributed by atoms with van der Waals surface area (Å²) in [7, 11) is 0. The molecule has 0 saturated carbocycles. The van der Waals surface area contributed by atoms with Crippen LogP contribution in [0.25, 0.3) is 0 Å². The Hall–Kier alpha value is -1.43. The summed E-state index contributed by atoms with van der Waals surface area (Å²) in [5.41, 5.74) is 0.805. The van der Waals surface area contributed by atoms with Crippen molar-refractivity contribution in [2.75, 3.05) is 11.9 Å². The second kappa shape index (κ2) is 6.14. The first-order chi connectivity index (χ1) is 9.15. The highest BCUT2D eigenvalue weighted by Gasteiger charge is 2.22. The highest BCUT2D eigenvalue weighted by Crippen LogP contribution is 2.26. The van der Waals surface area contributed by atoms with Crippen LogP contribution in [0, 0.1) is 5.92 Å². The van der Waals surface area contributed by atoms with E-state index in [1.165, 1.54) is 11.3 Å². The minimum Gasteiger partial charge on any atom is -0.351 e. The summed E-state index contributed by atoms with van der Waals surface area (Å²) in [6.45, 7) is 4.69. The first-order valence-corrected chi connectivity index (χ1v) is 7.56. The quantitative estimate of drug-likeness (QED) is 0.888. The molecular weight excluding hydrogens is 262 g/mol. The minimum atomic E-state index is -0.0759. The van der Waals surface area contributed by atoms with Crippen molar-refractivity contribution in [3.05, 3.63) is 10.6 Å². The van der Waals surface area contributed by atoms with Crippen molar-refractivity contribution in [3.8, 4) is 0 Å². The van der Waals surface area contributed by atoms with Gasteiger partial charge in [-0.25, -0.2) is 4.98 Å².